The molecule has 5 N–H and O–H groups in total. The number of aliphatic hydroxyl groups is 1. The Morgan fingerprint density at radius 1 is 1.11 bits per heavy atom. The molecule has 1 heterocycles. The molecule has 0 bridgehead atoms. The summed E-state index contributed by atoms with van der Waals surface area (Å²) in [5, 5.41) is 20.4. The van der Waals surface area contributed by atoms with Crippen LogP contribution in [0.15, 0.2) is 53.7 Å². The van der Waals surface area contributed by atoms with Crippen molar-refractivity contribution in [2.24, 2.45) is 10.9 Å². The predicted octanol–water partition coefficient (Wildman–Crippen LogP) is 1.78. The zero-order chi connectivity index (χ0) is 27.5. The Balaban J connectivity index is 1.35. The molecule has 2 aliphatic rings. The van der Waals surface area contributed by atoms with Gasteiger partial charge in [-0.2, -0.15) is 0 Å². The number of alkyl carbamates (subject to hydrolysis) is 1. The summed E-state index contributed by atoms with van der Waals surface area (Å²) in [6.45, 7) is 5.57. The monoisotopic (exact) mass is 523 g/mol. The van der Waals surface area contributed by atoms with E-state index in [9.17, 15) is 19.5 Å². The standard InChI is InChI=1S/C27H33N5O6/c1-26(2,3)38-25(35)30-24(28)31-37-16-14-29-22(33)21-13-8-15-32(21)23(34)27(36)19-11-6-4-9-17(19)18-10-5-7-12-20(18)27/h4-7,9-12,21,36H,8,13-16H2,1-3H3,(H,29,33)(H3,28,30,31,35)/t21-/m0/s1. The molecular formula is C27H33N5O6. The van der Waals surface area contributed by atoms with Gasteiger partial charge >= 0.3 is 6.09 Å². The number of amides is 3. The Bertz CT molecular complexity index is 1210. The summed E-state index contributed by atoms with van der Waals surface area (Å²) in [4.78, 5) is 45.0. The number of hydrogen-bond donors (Lipinski definition) is 4. The second-order valence-electron chi connectivity index (χ2n) is 10.2. The Hall–Kier alpha value is -4.12. The van der Waals surface area contributed by atoms with Crippen molar-refractivity contribution in [1.29, 1.82) is 0 Å². The SMILES string of the molecule is CC(C)(C)OC(=O)N/C(N)=N\OCCNC(=O)[C@@H]1CCCN1C(=O)C1(O)c2ccccc2-c2ccccc21. The van der Waals surface area contributed by atoms with Crippen molar-refractivity contribution in [2.45, 2.75) is 50.9 Å². The topological polar surface area (TPSA) is 156 Å². The molecular weight excluding hydrogens is 490 g/mol. The Labute approximate surface area is 221 Å². The van der Waals surface area contributed by atoms with Crippen LogP contribution in [0.25, 0.3) is 11.1 Å². The third-order valence-corrected chi connectivity index (χ3v) is 6.33. The van der Waals surface area contributed by atoms with Crippen molar-refractivity contribution in [3.8, 4) is 11.1 Å². The minimum atomic E-state index is -1.87. The number of oxime groups is 1. The number of carbonyl (C=O) groups excluding carboxylic acids is 3. The van der Waals surface area contributed by atoms with E-state index in [0.717, 1.165) is 11.1 Å². The number of rotatable bonds is 6. The van der Waals surface area contributed by atoms with Crippen LogP contribution in [0, 0.1) is 0 Å². The van der Waals surface area contributed by atoms with E-state index < -0.39 is 29.2 Å². The van der Waals surface area contributed by atoms with Gasteiger partial charge in [-0.1, -0.05) is 48.5 Å². The molecule has 1 atom stereocenters. The van der Waals surface area contributed by atoms with Gasteiger partial charge in [0.1, 0.15) is 18.2 Å². The minimum Gasteiger partial charge on any atom is -0.444 e. The van der Waals surface area contributed by atoms with Gasteiger partial charge in [0, 0.05) is 17.7 Å². The van der Waals surface area contributed by atoms with Crippen molar-refractivity contribution >= 4 is 23.9 Å². The van der Waals surface area contributed by atoms with Crippen molar-refractivity contribution in [2.75, 3.05) is 19.7 Å². The van der Waals surface area contributed by atoms with Gasteiger partial charge in [-0.3, -0.25) is 14.9 Å². The summed E-state index contributed by atoms with van der Waals surface area (Å²) in [5.74, 6) is -1.16. The third kappa shape index (κ3) is 5.42. The highest BCUT2D eigenvalue weighted by Gasteiger charge is 2.52. The highest BCUT2D eigenvalue weighted by atomic mass is 16.6. The van der Waals surface area contributed by atoms with Crippen LogP contribution in [0.5, 0.6) is 0 Å². The lowest BCUT2D eigenvalue weighted by atomic mass is 9.89. The zero-order valence-corrected chi connectivity index (χ0v) is 21.7. The molecule has 1 saturated heterocycles. The van der Waals surface area contributed by atoms with Gasteiger partial charge in [0.25, 0.3) is 5.91 Å². The molecule has 2 aromatic rings. The lowest BCUT2D eigenvalue weighted by molar-refractivity contribution is -0.151. The van der Waals surface area contributed by atoms with E-state index in [4.69, 9.17) is 15.3 Å². The molecule has 11 heteroatoms. The van der Waals surface area contributed by atoms with Crippen LogP contribution in [0.1, 0.15) is 44.7 Å². The van der Waals surface area contributed by atoms with E-state index in [1.54, 1.807) is 45.0 Å². The molecule has 1 aliphatic carbocycles. The van der Waals surface area contributed by atoms with Crippen LogP contribution in [0.4, 0.5) is 4.79 Å². The summed E-state index contributed by atoms with van der Waals surface area (Å²) < 4.78 is 5.06. The predicted molar refractivity (Wildman–Crippen MR) is 140 cm³/mol. The first-order chi connectivity index (χ1) is 18.0. The number of fused-ring (bicyclic) bond motifs is 3. The number of benzene rings is 2. The Morgan fingerprint density at radius 3 is 2.32 bits per heavy atom. The van der Waals surface area contributed by atoms with Crippen LogP contribution in [-0.4, -0.2) is 65.2 Å². The molecule has 0 radical (unpaired) electrons. The van der Waals surface area contributed by atoms with Gasteiger partial charge < -0.3 is 30.6 Å². The number of nitrogens with one attached hydrogen (secondary N) is 2. The lowest BCUT2D eigenvalue weighted by Gasteiger charge is -2.32. The molecule has 3 amide bonds. The number of nitrogens with two attached hydrogens (primary N) is 1. The van der Waals surface area contributed by atoms with Gasteiger partial charge in [-0.25, -0.2) is 4.79 Å². The lowest BCUT2D eigenvalue weighted by Crippen LogP contribution is -2.53. The number of hydrogen-bond acceptors (Lipinski definition) is 7. The molecule has 0 spiro atoms. The van der Waals surface area contributed by atoms with E-state index in [2.05, 4.69) is 15.8 Å². The highest BCUT2D eigenvalue weighted by molar-refractivity contribution is 6.01. The van der Waals surface area contributed by atoms with Gasteiger partial charge in [0.15, 0.2) is 5.60 Å². The fraction of sp³-hybridized carbons (Fsp3) is 0.407. The average molecular weight is 524 g/mol. The van der Waals surface area contributed by atoms with Crippen molar-refractivity contribution in [3.63, 3.8) is 0 Å². The Kier molecular flexibility index (Phi) is 7.58. The van der Waals surface area contributed by atoms with Crippen molar-refractivity contribution < 1.29 is 29.1 Å². The molecule has 0 aromatic heterocycles. The summed E-state index contributed by atoms with van der Waals surface area (Å²) in [5.41, 5.74) is 5.66. The smallest absolute Gasteiger partial charge is 0.414 e. The number of nitrogens with zero attached hydrogens (tertiary/aromatic N) is 2. The number of carbonyl (C=O) groups is 3. The van der Waals surface area contributed by atoms with E-state index in [1.807, 2.05) is 24.3 Å². The van der Waals surface area contributed by atoms with Gasteiger partial charge in [0.2, 0.25) is 11.9 Å². The molecule has 38 heavy (non-hydrogen) atoms. The fourth-order valence-corrected chi connectivity index (χ4v) is 4.82. The highest BCUT2D eigenvalue weighted by Crippen LogP contribution is 2.48. The van der Waals surface area contributed by atoms with Crippen molar-refractivity contribution in [1.82, 2.24) is 15.5 Å². The van der Waals surface area contributed by atoms with Crippen LogP contribution in [0.3, 0.4) is 0 Å². The van der Waals surface area contributed by atoms with Gasteiger partial charge in [-0.15, -0.1) is 0 Å². The average Bonchev–Trinajstić information content (AvgIpc) is 3.45. The van der Waals surface area contributed by atoms with Crippen LogP contribution >= 0.6 is 0 Å². The summed E-state index contributed by atoms with van der Waals surface area (Å²) in [6.07, 6.45) is 0.343. The molecule has 1 fully saturated rings. The van der Waals surface area contributed by atoms with Crippen LogP contribution < -0.4 is 16.4 Å². The number of guanidine groups is 1. The van der Waals surface area contributed by atoms with E-state index in [0.29, 0.717) is 30.5 Å². The van der Waals surface area contributed by atoms with E-state index >= 15 is 0 Å². The van der Waals surface area contributed by atoms with Gasteiger partial charge in [-0.05, 0) is 49.9 Å². The fourth-order valence-electron chi connectivity index (χ4n) is 4.82. The van der Waals surface area contributed by atoms with Crippen molar-refractivity contribution in [3.05, 3.63) is 59.7 Å². The zero-order valence-electron chi connectivity index (χ0n) is 21.7. The molecule has 2 aromatic carbocycles. The molecule has 11 nitrogen and oxygen atoms in total. The summed E-state index contributed by atoms with van der Waals surface area (Å²) in [6, 6.07) is 13.8. The minimum absolute atomic E-state index is 0.0200. The van der Waals surface area contributed by atoms with Crippen LogP contribution in [0.2, 0.25) is 0 Å². The van der Waals surface area contributed by atoms with Crippen LogP contribution in [-0.2, 0) is 24.8 Å². The third-order valence-electron chi connectivity index (χ3n) is 6.33. The second-order valence-corrected chi connectivity index (χ2v) is 10.2. The molecule has 0 unspecified atom stereocenters. The van der Waals surface area contributed by atoms with E-state index in [-0.39, 0.29) is 25.0 Å². The maximum Gasteiger partial charge on any atom is 0.414 e. The first-order valence-corrected chi connectivity index (χ1v) is 12.5. The first-order valence-electron chi connectivity index (χ1n) is 12.5. The summed E-state index contributed by atoms with van der Waals surface area (Å²) in [7, 11) is 0. The molecule has 4 rings (SSSR count). The largest absolute Gasteiger partial charge is 0.444 e. The molecule has 0 saturated carbocycles. The van der Waals surface area contributed by atoms with Gasteiger partial charge in [0.05, 0.1) is 6.54 Å². The number of ether oxygens (including phenoxy) is 1. The maximum absolute atomic E-state index is 13.8. The maximum atomic E-state index is 13.8. The molecule has 1 aliphatic heterocycles. The quantitative estimate of drug-likeness (QED) is 0.195. The second kappa shape index (κ2) is 10.7. The number of likely N-dealkylation sites (tertiary alicyclic amines) is 1. The normalized spacial score (nSPS) is 17.8. The Morgan fingerprint density at radius 2 is 1.71 bits per heavy atom. The molecule has 202 valence electrons. The summed E-state index contributed by atoms with van der Waals surface area (Å²) >= 11 is 0. The first kappa shape index (κ1) is 26.9. The van der Waals surface area contributed by atoms with E-state index in [1.165, 1.54) is 4.90 Å².